The molecule has 0 heterocycles. The van der Waals surface area contributed by atoms with E-state index in [4.69, 9.17) is 51.1 Å². The van der Waals surface area contributed by atoms with Crippen molar-refractivity contribution in [1.29, 1.82) is 0 Å². The van der Waals surface area contributed by atoms with Crippen molar-refractivity contribution in [2.45, 2.75) is 10.0 Å². The number of carbonyl (C=O) groups is 1. The van der Waals surface area contributed by atoms with Crippen molar-refractivity contribution in [2.75, 3.05) is 0 Å². The summed E-state index contributed by atoms with van der Waals surface area (Å²) in [6.07, 6.45) is 1.75. The molecule has 0 saturated heterocycles. The van der Waals surface area contributed by atoms with Crippen LogP contribution in [-0.2, 0) is 4.79 Å². The number of nitrogens with one attached hydrogen (secondary N) is 1. The van der Waals surface area contributed by atoms with E-state index in [-0.39, 0.29) is 0 Å². The van der Waals surface area contributed by atoms with E-state index in [0.717, 1.165) is 5.56 Å². The second-order valence-corrected chi connectivity index (χ2v) is 7.50. The molecule has 0 spiro atoms. The van der Waals surface area contributed by atoms with Gasteiger partial charge in [0, 0.05) is 6.08 Å². The summed E-state index contributed by atoms with van der Waals surface area (Å²) in [5, 5.41) is 2.84. The summed E-state index contributed by atoms with van der Waals surface area (Å²) in [7, 11) is 0. The molecule has 0 aliphatic rings. The largest absolute Gasteiger partial charge is 0.464 e. The number of hydrogen-bond donors (Lipinski definition) is 1. The molecule has 0 aliphatic heterocycles. The van der Waals surface area contributed by atoms with Crippen LogP contribution in [-0.4, -0.2) is 15.9 Å². The highest BCUT2D eigenvalue weighted by atomic mass is 35.6. The number of hydrogen-bond acceptors (Lipinski definition) is 2. The van der Waals surface area contributed by atoms with Crippen LogP contribution in [0.4, 0.5) is 0 Å². The fourth-order valence-corrected chi connectivity index (χ4v) is 2.24. The first-order valence-corrected chi connectivity index (χ1v) is 8.39. The lowest BCUT2D eigenvalue weighted by atomic mass is 10.2. The molecule has 2 aromatic carbocycles. The molecule has 3 nitrogen and oxygen atoms in total. The summed E-state index contributed by atoms with van der Waals surface area (Å²) in [6.45, 7) is 0. The van der Waals surface area contributed by atoms with Crippen LogP contribution >= 0.6 is 46.4 Å². The van der Waals surface area contributed by atoms with Crippen LogP contribution in [0.15, 0.2) is 60.7 Å². The Kier molecular flexibility index (Phi) is 6.81. The van der Waals surface area contributed by atoms with Gasteiger partial charge in [0.2, 0.25) is 15.9 Å². The summed E-state index contributed by atoms with van der Waals surface area (Å²) in [5.74, 6) is -0.176. The molecule has 1 N–H and O–H groups in total. The summed E-state index contributed by atoms with van der Waals surface area (Å²) in [6, 6.07) is 16.0. The Morgan fingerprint density at radius 3 is 2.29 bits per heavy atom. The van der Waals surface area contributed by atoms with Crippen molar-refractivity contribution >= 4 is 58.4 Å². The van der Waals surface area contributed by atoms with Crippen molar-refractivity contribution in [3.8, 4) is 5.75 Å². The number of para-hydroxylation sites is 1. The minimum atomic E-state index is -1.88. The molecule has 0 bridgehead atoms. The van der Waals surface area contributed by atoms with Gasteiger partial charge < -0.3 is 10.1 Å². The van der Waals surface area contributed by atoms with Gasteiger partial charge in [-0.15, -0.1) is 0 Å². The highest BCUT2D eigenvalue weighted by Crippen LogP contribution is 2.34. The van der Waals surface area contributed by atoms with Crippen molar-refractivity contribution < 1.29 is 9.53 Å². The van der Waals surface area contributed by atoms with E-state index < -0.39 is 15.9 Å². The minimum absolute atomic E-state index is 0.294. The van der Waals surface area contributed by atoms with Crippen molar-refractivity contribution in [3.05, 3.63) is 71.3 Å². The van der Waals surface area contributed by atoms with Crippen LogP contribution < -0.4 is 10.1 Å². The Balaban J connectivity index is 2.08. The van der Waals surface area contributed by atoms with Gasteiger partial charge in [-0.1, -0.05) is 88.9 Å². The number of amides is 1. The number of halogens is 4. The Labute approximate surface area is 160 Å². The van der Waals surface area contributed by atoms with Gasteiger partial charge in [-0.3, -0.25) is 4.79 Å². The predicted octanol–water partition coefficient (Wildman–Crippen LogP) is 5.24. The van der Waals surface area contributed by atoms with Gasteiger partial charge in [-0.05, 0) is 23.8 Å². The molecule has 0 radical (unpaired) electrons. The van der Waals surface area contributed by atoms with Crippen molar-refractivity contribution in [2.24, 2.45) is 0 Å². The van der Waals surface area contributed by atoms with E-state index in [9.17, 15) is 4.79 Å². The molecule has 1 atom stereocenters. The highest BCUT2D eigenvalue weighted by molar-refractivity contribution is 6.68. The molecule has 1 unspecified atom stereocenters. The van der Waals surface area contributed by atoms with Gasteiger partial charge in [0.25, 0.3) is 0 Å². The second kappa shape index (κ2) is 8.63. The molecule has 24 heavy (non-hydrogen) atoms. The summed E-state index contributed by atoms with van der Waals surface area (Å²) in [5.41, 5.74) is 0.866. The summed E-state index contributed by atoms with van der Waals surface area (Å²) >= 11 is 23.7. The summed E-state index contributed by atoms with van der Waals surface area (Å²) in [4.78, 5) is 12.1. The zero-order valence-corrected chi connectivity index (χ0v) is 15.3. The van der Waals surface area contributed by atoms with E-state index in [0.29, 0.717) is 10.8 Å². The van der Waals surface area contributed by atoms with E-state index in [1.54, 1.807) is 30.3 Å². The minimum Gasteiger partial charge on any atom is -0.464 e. The predicted molar refractivity (Wildman–Crippen MR) is 99.8 cm³/mol. The summed E-state index contributed by atoms with van der Waals surface area (Å²) < 4.78 is 3.66. The fourth-order valence-electron chi connectivity index (χ4n) is 1.76. The number of ether oxygens (including phenoxy) is 1. The van der Waals surface area contributed by atoms with Crippen LogP contribution in [0.25, 0.3) is 6.08 Å². The highest BCUT2D eigenvalue weighted by Gasteiger charge is 2.36. The Hall–Kier alpha value is -1.39. The number of carbonyl (C=O) groups excluding carboxylic acids is 1. The Morgan fingerprint density at radius 2 is 1.67 bits per heavy atom. The molecule has 7 heteroatoms. The maximum Gasteiger partial charge on any atom is 0.246 e. The lowest BCUT2D eigenvalue weighted by Gasteiger charge is -2.26. The molecule has 2 rings (SSSR count). The van der Waals surface area contributed by atoms with E-state index in [1.807, 2.05) is 30.3 Å². The molecule has 126 valence electrons. The van der Waals surface area contributed by atoms with Crippen LogP contribution in [0.2, 0.25) is 5.02 Å². The van der Waals surface area contributed by atoms with Gasteiger partial charge in [-0.2, -0.15) is 0 Å². The maximum absolute atomic E-state index is 12.1. The first-order chi connectivity index (χ1) is 11.4. The SMILES string of the molecule is O=C(/C=C/c1ccccc1)NC(Oc1ccccc1Cl)C(Cl)(Cl)Cl. The van der Waals surface area contributed by atoms with Crippen LogP contribution in [0, 0.1) is 0 Å². The normalized spacial score (nSPS) is 12.8. The van der Waals surface area contributed by atoms with E-state index in [2.05, 4.69) is 5.32 Å². The van der Waals surface area contributed by atoms with E-state index in [1.165, 1.54) is 6.08 Å². The van der Waals surface area contributed by atoms with Crippen molar-refractivity contribution in [3.63, 3.8) is 0 Å². The molecular weight excluding hydrogens is 392 g/mol. The van der Waals surface area contributed by atoms with Crippen molar-refractivity contribution in [1.82, 2.24) is 5.32 Å². The van der Waals surface area contributed by atoms with Crippen LogP contribution in [0.3, 0.4) is 0 Å². The average molecular weight is 405 g/mol. The fraction of sp³-hybridized carbons (Fsp3) is 0.118. The van der Waals surface area contributed by atoms with E-state index >= 15 is 0 Å². The average Bonchev–Trinajstić information content (AvgIpc) is 2.54. The van der Waals surface area contributed by atoms with Gasteiger partial charge in [0.05, 0.1) is 5.02 Å². The smallest absolute Gasteiger partial charge is 0.246 e. The van der Waals surface area contributed by atoms with Gasteiger partial charge in [0.1, 0.15) is 5.75 Å². The number of alkyl halides is 3. The topological polar surface area (TPSA) is 38.3 Å². The molecule has 0 aromatic heterocycles. The molecule has 1 amide bonds. The third-order valence-corrected chi connectivity index (χ3v) is 3.79. The van der Waals surface area contributed by atoms with Gasteiger partial charge >= 0.3 is 0 Å². The number of benzene rings is 2. The standard InChI is InChI=1S/C17H13Cl4NO2/c18-13-8-4-5-9-14(13)24-16(17(19,20)21)22-15(23)11-10-12-6-2-1-3-7-12/h1-11,16H,(H,22,23)/b11-10+. The third kappa shape index (κ3) is 5.91. The lowest BCUT2D eigenvalue weighted by molar-refractivity contribution is -0.118. The Bertz CT molecular complexity index is 714. The van der Waals surface area contributed by atoms with Gasteiger partial charge in [0.15, 0.2) is 0 Å². The first-order valence-electron chi connectivity index (χ1n) is 6.88. The first kappa shape index (κ1) is 18.9. The maximum atomic E-state index is 12.1. The number of rotatable bonds is 5. The molecule has 0 aliphatic carbocycles. The van der Waals surface area contributed by atoms with Gasteiger partial charge in [-0.25, -0.2) is 0 Å². The van der Waals surface area contributed by atoms with Crippen LogP contribution in [0.5, 0.6) is 5.75 Å². The Morgan fingerprint density at radius 1 is 1.04 bits per heavy atom. The van der Waals surface area contributed by atoms with Crippen LogP contribution in [0.1, 0.15) is 5.56 Å². The molecule has 0 fully saturated rings. The quantitative estimate of drug-likeness (QED) is 0.420. The molecular formula is C17H13Cl4NO2. The third-order valence-electron chi connectivity index (χ3n) is 2.88. The second-order valence-electron chi connectivity index (χ2n) is 4.72. The molecule has 0 saturated carbocycles. The zero-order chi connectivity index (χ0) is 17.6. The zero-order valence-electron chi connectivity index (χ0n) is 12.3. The molecule has 2 aromatic rings. The lowest BCUT2D eigenvalue weighted by Crippen LogP contribution is -2.47. The monoisotopic (exact) mass is 403 g/mol.